The van der Waals surface area contributed by atoms with E-state index >= 15 is 0 Å². The minimum atomic E-state index is -4.20. The predicted octanol–water partition coefficient (Wildman–Crippen LogP) is 5.78. The molecule has 0 aliphatic heterocycles. The van der Waals surface area contributed by atoms with Gasteiger partial charge >= 0.3 is 17.6 Å². The number of rotatable bonds is 8. The van der Waals surface area contributed by atoms with E-state index in [0.29, 0.717) is 27.7 Å². The molecule has 0 unspecified atom stereocenters. The summed E-state index contributed by atoms with van der Waals surface area (Å²) in [4.78, 5) is 11.3. The van der Waals surface area contributed by atoms with Gasteiger partial charge in [0.2, 0.25) is 0 Å². The van der Waals surface area contributed by atoms with Gasteiger partial charge in [-0.2, -0.15) is 8.78 Å². The average Bonchev–Trinajstić information content (AvgIpc) is 3.18. The van der Waals surface area contributed by atoms with E-state index in [1.54, 1.807) is 16.9 Å². The van der Waals surface area contributed by atoms with Crippen LogP contribution in [0.15, 0.2) is 27.8 Å². The third-order valence-corrected chi connectivity index (χ3v) is 6.60. The van der Waals surface area contributed by atoms with Crippen molar-refractivity contribution in [1.29, 1.82) is 0 Å². The van der Waals surface area contributed by atoms with Gasteiger partial charge in [-0.15, -0.1) is 11.3 Å². The predicted molar refractivity (Wildman–Crippen MR) is 105 cm³/mol. The lowest BCUT2D eigenvalue weighted by atomic mass is 10.1. The highest BCUT2D eigenvalue weighted by atomic mass is 32.2. The Morgan fingerprint density at radius 2 is 2.03 bits per heavy atom. The van der Waals surface area contributed by atoms with Crippen LogP contribution in [0.4, 0.5) is 22.0 Å². The number of alkyl halides is 4. The van der Waals surface area contributed by atoms with Crippen molar-refractivity contribution in [3.05, 3.63) is 46.2 Å². The van der Waals surface area contributed by atoms with Crippen LogP contribution in [0.5, 0.6) is 5.75 Å². The molecule has 11 heteroatoms. The second kappa shape index (κ2) is 8.46. The van der Waals surface area contributed by atoms with E-state index in [2.05, 4.69) is 0 Å². The van der Waals surface area contributed by atoms with Gasteiger partial charge in [0.05, 0.1) is 23.3 Å². The third kappa shape index (κ3) is 4.41. The van der Waals surface area contributed by atoms with Gasteiger partial charge in [-0.05, 0) is 47.3 Å². The Balaban J connectivity index is 2.01. The topological polar surface area (TPSA) is 51.5 Å². The average molecular weight is 465 g/mol. The van der Waals surface area contributed by atoms with Crippen molar-refractivity contribution in [2.24, 2.45) is 0 Å². The van der Waals surface area contributed by atoms with E-state index in [4.69, 9.17) is 4.74 Å². The lowest BCUT2D eigenvalue weighted by Gasteiger charge is -2.12. The maximum atomic E-state index is 14.3. The number of fused-ring (bicyclic) bond motifs is 1. The van der Waals surface area contributed by atoms with E-state index in [-0.39, 0.29) is 34.7 Å². The molecule has 3 aromatic rings. The fourth-order valence-corrected chi connectivity index (χ4v) is 5.00. The number of carbonyl (C=O) groups is 1. The highest BCUT2D eigenvalue weighted by Crippen LogP contribution is 2.43. The molecule has 3 rings (SSSR count). The van der Waals surface area contributed by atoms with Crippen LogP contribution in [0.2, 0.25) is 0 Å². The number of carboxylic acid groups (broad SMARTS) is 1. The number of methoxy groups -OCH3 is 1. The number of hydrogen-bond acceptors (Lipinski definition) is 4. The lowest BCUT2D eigenvalue weighted by Crippen LogP contribution is -2.21. The van der Waals surface area contributed by atoms with E-state index in [0.717, 1.165) is 11.3 Å². The molecule has 30 heavy (non-hydrogen) atoms. The number of carboxylic acids is 1. The Morgan fingerprint density at radius 1 is 1.33 bits per heavy atom. The van der Waals surface area contributed by atoms with E-state index in [1.807, 2.05) is 0 Å². The summed E-state index contributed by atoms with van der Waals surface area (Å²) < 4.78 is 72.4. The van der Waals surface area contributed by atoms with Gasteiger partial charge in [0, 0.05) is 23.7 Å². The summed E-state index contributed by atoms with van der Waals surface area (Å²) in [7, 11) is 1.30. The Bertz CT molecular complexity index is 1090. The van der Waals surface area contributed by atoms with Crippen molar-refractivity contribution in [2.45, 2.75) is 35.8 Å². The van der Waals surface area contributed by atoms with Crippen LogP contribution in [0.25, 0.3) is 10.9 Å². The first kappa shape index (κ1) is 22.4. The van der Waals surface area contributed by atoms with Crippen molar-refractivity contribution in [1.82, 2.24) is 4.57 Å². The first-order valence-electron chi connectivity index (χ1n) is 8.53. The number of thioether (sulfide) groups is 1. The molecule has 0 amide bonds. The molecule has 0 saturated heterocycles. The molecular weight excluding hydrogens is 449 g/mol. The molecule has 162 valence electrons. The number of hydrogen-bond donors (Lipinski definition) is 1. The van der Waals surface area contributed by atoms with Gasteiger partial charge in [-0.3, -0.25) is 4.79 Å². The van der Waals surface area contributed by atoms with Crippen molar-refractivity contribution < 1.29 is 36.6 Å². The Kier molecular flexibility index (Phi) is 6.32. The number of benzene rings is 1. The van der Waals surface area contributed by atoms with Gasteiger partial charge in [0.25, 0.3) is 0 Å². The highest BCUT2D eigenvalue weighted by molar-refractivity contribution is 8.02. The molecule has 0 fully saturated rings. The lowest BCUT2D eigenvalue weighted by molar-refractivity contribution is -0.136. The molecule has 0 aliphatic carbocycles. The minimum absolute atomic E-state index is 0.0167. The summed E-state index contributed by atoms with van der Waals surface area (Å²) in [6.45, 7) is 1.81. The van der Waals surface area contributed by atoms with E-state index < -0.39 is 23.5 Å². The summed E-state index contributed by atoms with van der Waals surface area (Å²) in [5.74, 6) is -1.73. The fraction of sp³-hybridized carbons (Fsp3) is 0.316. The molecule has 0 aliphatic rings. The number of halogens is 5. The van der Waals surface area contributed by atoms with Crippen molar-refractivity contribution in [2.75, 3.05) is 7.11 Å². The second-order valence-corrected chi connectivity index (χ2v) is 8.82. The molecule has 1 N–H and O–H groups in total. The summed E-state index contributed by atoms with van der Waals surface area (Å²) >= 11 is 0.685. The Labute approximate surface area is 176 Å². The normalized spacial score (nSPS) is 12.1. The molecule has 4 nitrogen and oxygen atoms in total. The van der Waals surface area contributed by atoms with Crippen molar-refractivity contribution >= 4 is 40.0 Å². The molecule has 0 radical (unpaired) electrons. The van der Waals surface area contributed by atoms with Crippen molar-refractivity contribution in [3.8, 4) is 5.75 Å². The van der Waals surface area contributed by atoms with Gasteiger partial charge in [-0.1, -0.05) is 0 Å². The van der Waals surface area contributed by atoms with E-state index in [9.17, 15) is 31.9 Å². The third-order valence-electron chi connectivity index (χ3n) is 4.52. The number of aliphatic carboxylic acids is 1. The largest absolute Gasteiger partial charge is 0.494 e. The quantitative estimate of drug-likeness (QED) is 0.338. The zero-order valence-corrected chi connectivity index (χ0v) is 17.4. The zero-order valence-electron chi connectivity index (χ0n) is 15.7. The molecule has 0 saturated carbocycles. The first-order valence-corrected chi connectivity index (χ1v) is 10.2. The van der Waals surface area contributed by atoms with Gasteiger partial charge in [-0.25, -0.2) is 13.2 Å². The maximum absolute atomic E-state index is 14.3. The molecule has 2 heterocycles. The van der Waals surface area contributed by atoms with Crippen molar-refractivity contribution in [3.63, 3.8) is 0 Å². The second-order valence-electron chi connectivity index (χ2n) is 6.46. The van der Waals surface area contributed by atoms with Crippen LogP contribution in [-0.2, 0) is 17.8 Å². The van der Waals surface area contributed by atoms with Gasteiger partial charge in [0.15, 0.2) is 11.6 Å². The minimum Gasteiger partial charge on any atom is -0.494 e. The SMILES string of the molecule is COc1cc2c(CC(=O)O)c(C)n(Cc3csc(SC(F)(F)C(F)F)c3)c2cc1F. The number of aromatic nitrogens is 1. The molecule has 0 bridgehead atoms. The van der Waals surface area contributed by atoms with Crippen LogP contribution < -0.4 is 4.74 Å². The smallest absolute Gasteiger partial charge is 0.358 e. The summed E-state index contributed by atoms with van der Waals surface area (Å²) in [5.41, 5.74) is 2.01. The summed E-state index contributed by atoms with van der Waals surface area (Å²) in [6, 6.07) is 4.01. The Hall–Kier alpha value is -2.27. The van der Waals surface area contributed by atoms with E-state index in [1.165, 1.54) is 25.3 Å². The standard InChI is InChI=1S/C19H16F5NO3S2/c1-9-11(5-16(26)27)12-4-15(28-2)13(20)6-14(12)25(9)7-10-3-17(29-8-10)30-19(23,24)18(21)22/h3-4,6,8,18H,5,7H2,1-2H3,(H,26,27). The van der Waals surface area contributed by atoms with Crippen LogP contribution in [0.1, 0.15) is 16.8 Å². The van der Waals surface area contributed by atoms with Crippen LogP contribution in [0, 0.1) is 12.7 Å². The fourth-order valence-electron chi connectivity index (χ4n) is 3.13. The summed E-state index contributed by atoms with van der Waals surface area (Å²) in [6.07, 6.45) is -4.09. The van der Waals surface area contributed by atoms with Gasteiger partial charge in [0.1, 0.15) is 0 Å². The van der Waals surface area contributed by atoms with Gasteiger partial charge < -0.3 is 14.4 Å². The zero-order chi connectivity index (χ0) is 22.2. The number of nitrogens with zero attached hydrogens (tertiary/aromatic N) is 1. The monoisotopic (exact) mass is 465 g/mol. The molecular formula is C19H16F5NO3S2. The highest BCUT2D eigenvalue weighted by Gasteiger charge is 2.42. The molecule has 2 aromatic heterocycles. The molecule has 0 spiro atoms. The molecule has 1 aromatic carbocycles. The maximum Gasteiger partial charge on any atom is 0.358 e. The first-order chi connectivity index (χ1) is 14.0. The summed E-state index contributed by atoms with van der Waals surface area (Å²) in [5, 5.41) is 7.09. The van der Waals surface area contributed by atoms with Crippen LogP contribution in [0.3, 0.4) is 0 Å². The van der Waals surface area contributed by atoms with Crippen LogP contribution >= 0.6 is 23.1 Å². The Morgan fingerprint density at radius 3 is 2.63 bits per heavy atom. The number of thiophene rings is 1. The molecule has 0 atom stereocenters. The van der Waals surface area contributed by atoms with Crippen LogP contribution in [-0.4, -0.2) is 34.4 Å². The number of ether oxygens (including phenoxy) is 1.